The monoisotopic (exact) mass is 340 g/mol. The molecule has 0 bridgehead atoms. The lowest BCUT2D eigenvalue weighted by molar-refractivity contribution is 0.475. The van der Waals surface area contributed by atoms with Crippen molar-refractivity contribution in [1.82, 2.24) is 29.7 Å². The van der Waals surface area contributed by atoms with Gasteiger partial charge in [0.15, 0.2) is 5.65 Å². The molecule has 9 nitrogen and oxygen atoms in total. The Hall–Kier alpha value is -2.97. The number of piperidine rings is 1. The fourth-order valence-corrected chi connectivity index (χ4v) is 3.32. The molecule has 1 N–H and O–H groups in total. The molecule has 0 spiro atoms. The number of aryl methyl sites for hydroxylation is 1. The predicted octanol–water partition coefficient (Wildman–Crippen LogP) is 0.552. The van der Waals surface area contributed by atoms with Crippen LogP contribution in [0.2, 0.25) is 0 Å². The number of fused-ring (bicyclic) bond motifs is 1. The highest BCUT2D eigenvalue weighted by molar-refractivity contribution is 5.74. The van der Waals surface area contributed by atoms with Gasteiger partial charge in [0.05, 0.1) is 6.20 Å². The van der Waals surface area contributed by atoms with Crippen LogP contribution in [0, 0.1) is 0 Å². The van der Waals surface area contributed by atoms with Crippen molar-refractivity contribution < 1.29 is 0 Å². The van der Waals surface area contributed by atoms with Gasteiger partial charge in [-0.15, -0.1) is 0 Å². The third-order valence-corrected chi connectivity index (χ3v) is 4.83. The van der Waals surface area contributed by atoms with Crippen LogP contribution in [-0.4, -0.2) is 55.9 Å². The second-order valence-electron chi connectivity index (χ2n) is 6.29. The Morgan fingerprint density at radius 3 is 2.84 bits per heavy atom. The van der Waals surface area contributed by atoms with Crippen molar-refractivity contribution in [3.05, 3.63) is 35.1 Å². The van der Waals surface area contributed by atoms with Gasteiger partial charge in [-0.2, -0.15) is 10.1 Å². The SMILES string of the molecule is CN(c1ccncn1)C1CCN(c2nc3c(cnn3C)c(=O)[nH]2)CC1. The van der Waals surface area contributed by atoms with Gasteiger partial charge in [0.1, 0.15) is 17.5 Å². The summed E-state index contributed by atoms with van der Waals surface area (Å²) in [5.74, 6) is 1.54. The quantitative estimate of drug-likeness (QED) is 0.744. The number of hydrogen-bond donors (Lipinski definition) is 1. The van der Waals surface area contributed by atoms with Crippen LogP contribution in [0.4, 0.5) is 11.8 Å². The van der Waals surface area contributed by atoms with E-state index in [1.807, 2.05) is 6.07 Å². The first-order valence-electron chi connectivity index (χ1n) is 8.29. The number of nitrogens with zero attached hydrogens (tertiary/aromatic N) is 7. The molecule has 1 aliphatic heterocycles. The molecule has 1 fully saturated rings. The number of H-pyrrole nitrogens is 1. The fraction of sp³-hybridized carbons (Fsp3) is 0.438. The van der Waals surface area contributed by atoms with Gasteiger partial charge in [0, 0.05) is 39.4 Å². The van der Waals surface area contributed by atoms with Crippen molar-refractivity contribution in [3.63, 3.8) is 0 Å². The Morgan fingerprint density at radius 2 is 2.12 bits per heavy atom. The van der Waals surface area contributed by atoms with Crippen LogP contribution >= 0.6 is 0 Å². The molecule has 130 valence electrons. The molecular weight excluding hydrogens is 320 g/mol. The Bertz CT molecular complexity index is 926. The molecule has 4 rings (SSSR count). The van der Waals surface area contributed by atoms with E-state index in [1.54, 1.807) is 30.5 Å². The maximum Gasteiger partial charge on any atom is 0.263 e. The molecule has 1 saturated heterocycles. The van der Waals surface area contributed by atoms with E-state index in [0.29, 0.717) is 23.0 Å². The molecule has 1 aliphatic rings. The minimum Gasteiger partial charge on any atom is -0.356 e. The Morgan fingerprint density at radius 1 is 1.32 bits per heavy atom. The van der Waals surface area contributed by atoms with Crippen LogP contribution in [0.1, 0.15) is 12.8 Å². The van der Waals surface area contributed by atoms with Crippen molar-refractivity contribution >= 4 is 22.8 Å². The van der Waals surface area contributed by atoms with Crippen molar-refractivity contribution in [2.75, 3.05) is 29.9 Å². The summed E-state index contributed by atoms with van der Waals surface area (Å²) < 4.78 is 1.63. The molecule has 3 aromatic rings. The standard InChI is InChI=1S/C16H20N8O/c1-22(13-3-6-17-10-18-13)11-4-7-24(8-5-11)16-20-14-12(15(25)21-16)9-19-23(14)2/h3,6,9-11H,4-5,7-8H2,1-2H3,(H,20,21,25). The predicted molar refractivity (Wildman–Crippen MR) is 94.8 cm³/mol. The summed E-state index contributed by atoms with van der Waals surface area (Å²) in [6.07, 6.45) is 6.81. The smallest absolute Gasteiger partial charge is 0.263 e. The second-order valence-corrected chi connectivity index (χ2v) is 6.29. The average Bonchev–Trinajstić information content (AvgIpc) is 3.04. The summed E-state index contributed by atoms with van der Waals surface area (Å²) in [4.78, 5) is 32.3. The molecular formula is C16H20N8O. The van der Waals surface area contributed by atoms with Crippen LogP contribution in [0.15, 0.2) is 29.6 Å². The lowest BCUT2D eigenvalue weighted by Gasteiger charge is -2.37. The van der Waals surface area contributed by atoms with E-state index in [0.717, 1.165) is 31.7 Å². The van der Waals surface area contributed by atoms with Crippen molar-refractivity contribution in [2.24, 2.45) is 7.05 Å². The molecule has 0 aliphatic carbocycles. The molecule has 0 saturated carbocycles. The number of hydrogen-bond acceptors (Lipinski definition) is 7. The van der Waals surface area contributed by atoms with E-state index in [2.05, 4.69) is 41.9 Å². The van der Waals surface area contributed by atoms with Crippen LogP contribution in [0.25, 0.3) is 11.0 Å². The molecule has 0 amide bonds. The van der Waals surface area contributed by atoms with Crippen molar-refractivity contribution in [3.8, 4) is 0 Å². The molecule has 0 atom stereocenters. The minimum atomic E-state index is -0.145. The molecule has 4 heterocycles. The van der Waals surface area contributed by atoms with Gasteiger partial charge in [0.2, 0.25) is 5.95 Å². The Balaban J connectivity index is 1.50. The van der Waals surface area contributed by atoms with Crippen molar-refractivity contribution in [1.29, 1.82) is 0 Å². The molecule has 0 aromatic carbocycles. The van der Waals surface area contributed by atoms with E-state index in [-0.39, 0.29) is 5.56 Å². The van der Waals surface area contributed by atoms with E-state index < -0.39 is 0 Å². The first-order valence-corrected chi connectivity index (χ1v) is 8.29. The van der Waals surface area contributed by atoms with E-state index in [4.69, 9.17) is 0 Å². The normalized spacial score (nSPS) is 15.7. The lowest BCUT2D eigenvalue weighted by atomic mass is 10.0. The number of aromatic nitrogens is 6. The summed E-state index contributed by atoms with van der Waals surface area (Å²) in [5, 5.41) is 4.63. The summed E-state index contributed by atoms with van der Waals surface area (Å²) in [7, 11) is 3.85. The number of nitrogens with one attached hydrogen (secondary N) is 1. The third-order valence-electron chi connectivity index (χ3n) is 4.83. The van der Waals surface area contributed by atoms with Crippen LogP contribution in [-0.2, 0) is 7.05 Å². The number of anilines is 2. The minimum absolute atomic E-state index is 0.145. The van der Waals surface area contributed by atoms with Crippen LogP contribution < -0.4 is 15.4 Å². The molecule has 3 aromatic heterocycles. The van der Waals surface area contributed by atoms with Gasteiger partial charge in [-0.1, -0.05) is 0 Å². The highest BCUT2D eigenvalue weighted by atomic mass is 16.1. The zero-order chi connectivity index (χ0) is 17.4. The highest BCUT2D eigenvalue weighted by Gasteiger charge is 2.25. The Kier molecular flexibility index (Phi) is 3.83. The third kappa shape index (κ3) is 2.81. The van der Waals surface area contributed by atoms with Gasteiger partial charge in [-0.25, -0.2) is 9.97 Å². The van der Waals surface area contributed by atoms with E-state index in [1.165, 1.54) is 0 Å². The molecule has 25 heavy (non-hydrogen) atoms. The maximum atomic E-state index is 12.2. The van der Waals surface area contributed by atoms with Gasteiger partial charge >= 0.3 is 0 Å². The summed E-state index contributed by atoms with van der Waals surface area (Å²) in [5.41, 5.74) is 0.465. The summed E-state index contributed by atoms with van der Waals surface area (Å²) in [6, 6.07) is 2.32. The lowest BCUT2D eigenvalue weighted by Crippen LogP contribution is -2.44. The van der Waals surface area contributed by atoms with E-state index in [9.17, 15) is 4.79 Å². The van der Waals surface area contributed by atoms with Gasteiger partial charge in [0.25, 0.3) is 5.56 Å². The summed E-state index contributed by atoms with van der Waals surface area (Å²) >= 11 is 0. The van der Waals surface area contributed by atoms with E-state index >= 15 is 0 Å². The number of aromatic amines is 1. The molecule has 9 heteroatoms. The summed E-state index contributed by atoms with van der Waals surface area (Å²) in [6.45, 7) is 1.65. The first kappa shape index (κ1) is 15.6. The number of rotatable bonds is 3. The molecule has 0 radical (unpaired) electrons. The van der Waals surface area contributed by atoms with Crippen LogP contribution in [0.5, 0.6) is 0 Å². The van der Waals surface area contributed by atoms with Gasteiger partial charge < -0.3 is 9.80 Å². The fourth-order valence-electron chi connectivity index (χ4n) is 3.32. The topological polar surface area (TPSA) is 95.8 Å². The Labute approximate surface area is 144 Å². The van der Waals surface area contributed by atoms with Crippen LogP contribution in [0.3, 0.4) is 0 Å². The highest BCUT2D eigenvalue weighted by Crippen LogP contribution is 2.22. The van der Waals surface area contributed by atoms with Gasteiger partial charge in [-0.3, -0.25) is 14.5 Å². The molecule has 0 unspecified atom stereocenters. The zero-order valence-electron chi connectivity index (χ0n) is 14.3. The maximum absolute atomic E-state index is 12.2. The van der Waals surface area contributed by atoms with Gasteiger partial charge in [-0.05, 0) is 18.9 Å². The van der Waals surface area contributed by atoms with Crippen molar-refractivity contribution in [2.45, 2.75) is 18.9 Å². The first-order chi connectivity index (χ1) is 12.1. The largest absolute Gasteiger partial charge is 0.356 e. The second kappa shape index (κ2) is 6.15. The zero-order valence-corrected chi connectivity index (χ0v) is 14.3. The average molecular weight is 340 g/mol.